The van der Waals surface area contributed by atoms with Crippen LogP contribution in [0.2, 0.25) is 0 Å². The maximum absolute atomic E-state index is 11.3. The summed E-state index contributed by atoms with van der Waals surface area (Å²) < 4.78 is 0. The lowest BCUT2D eigenvalue weighted by Gasteiger charge is -2.04. The number of carbonyl (C=O) groups is 1. The van der Waals surface area contributed by atoms with Gasteiger partial charge < -0.3 is 5.32 Å². The van der Waals surface area contributed by atoms with Gasteiger partial charge in [0, 0.05) is 12.0 Å². The zero-order valence-electron chi connectivity index (χ0n) is 9.19. The van der Waals surface area contributed by atoms with Crippen molar-refractivity contribution in [2.45, 2.75) is 26.7 Å². The zero-order valence-corrected chi connectivity index (χ0v) is 9.19. The molecule has 0 aliphatic rings. The van der Waals surface area contributed by atoms with Gasteiger partial charge >= 0.3 is 0 Å². The molecule has 0 spiro atoms. The molecule has 86 valence electrons. The number of amides is 1. The molecule has 0 bridgehead atoms. The summed E-state index contributed by atoms with van der Waals surface area (Å²) in [6.45, 7) is 3.50. The molecule has 0 aromatic carbocycles. The first kappa shape index (κ1) is 12.1. The maximum Gasteiger partial charge on any atom is 0.290 e. The average molecular weight is 223 g/mol. The number of pyridine rings is 1. The molecule has 0 atom stereocenters. The van der Waals surface area contributed by atoms with E-state index in [1.54, 1.807) is 6.92 Å². The quantitative estimate of drug-likeness (QED) is 0.625. The molecule has 6 nitrogen and oxygen atoms in total. The van der Waals surface area contributed by atoms with Gasteiger partial charge in [0.2, 0.25) is 5.91 Å². The Labute approximate surface area is 92.8 Å². The van der Waals surface area contributed by atoms with E-state index >= 15 is 0 Å². The second-order valence-corrected chi connectivity index (χ2v) is 3.41. The zero-order chi connectivity index (χ0) is 12.1. The molecule has 1 heterocycles. The third-order valence-corrected chi connectivity index (χ3v) is 2.02. The van der Waals surface area contributed by atoms with Gasteiger partial charge in [-0.25, -0.2) is 4.98 Å². The summed E-state index contributed by atoms with van der Waals surface area (Å²) in [4.78, 5) is 25.1. The SMILES string of the molecule is CCCC(=O)Nc1cc(C)c([N+](=O)[O-])cn1. The summed E-state index contributed by atoms with van der Waals surface area (Å²) in [7, 11) is 0. The number of aryl methyl sites for hydroxylation is 1. The Kier molecular flexibility index (Phi) is 3.93. The molecule has 1 rings (SSSR count). The predicted molar refractivity (Wildman–Crippen MR) is 59.2 cm³/mol. The van der Waals surface area contributed by atoms with E-state index in [1.165, 1.54) is 6.07 Å². The highest BCUT2D eigenvalue weighted by Gasteiger charge is 2.12. The molecule has 1 aromatic heterocycles. The number of carbonyl (C=O) groups excluding carboxylic acids is 1. The van der Waals surface area contributed by atoms with Gasteiger partial charge in [-0.2, -0.15) is 0 Å². The van der Waals surface area contributed by atoms with Crippen molar-refractivity contribution in [2.75, 3.05) is 5.32 Å². The van der Waals surface area contributed by atoms with E-state index in [0.717, 1.165) is 12.6 Å². The van der Waals surface area contributed by atoms with Crippen LogP contribution < -0.4 is 5.32 Å². The highest BCUT2D eigenvalue weighted by Crippen LogP contribution is 2.18. The minimum atomic E-state index is -0.500. The van der Waals surface area contributed by atoms with Gasteiger partial charge in [0.05, 0.1) is 4.92 Å². The Morgan fingerprint density at radius 2 is 2.31 bits per heavy atom. The first-order valence-corrected chi connectivity index (χ1v) is 4.95. The number of hydrogen-bond acceptors (Lipinski definition) is 4. The molecule has 0 saturated heterocycles. The number of nitrogens with zero attached hydrogens (tertiary/aromatic N) is 2. The third kappa shape index (κ3) is 3.01. The van der Waals surface area contributed by atoms with Gasteiger partial charge in [-0.1, -0.05) is 6.92 Å². The lowest BCUT2D eigenvalue weighted by atomic mass is 10.2. The first-order chi connectivity index (χ1) is 7.54. The van der Waals surface area contributed by atoms with Gasteiger partial charge in [-0.3, -0.25) is 14.9 Å². The van der Waals surface area contributed by atoms with Gasteiger partial charge in [0.1, 0.15) is 12.0 Å². The fourth-order valence-electron chi connectivity index (χ4n) is 1.24. The molecule has 0 aliphatic heterocycles. The molecule has 0 fully saturated rings. The van der Waals surface area contributed by atoms with E-state index < -0.39 is 4.92 Å². The van der Waals surface area contributed by atoms with Crippen molar-refractivity contribution in [3.05, 3.63) is 27.9 Å². The van der Waals surface area contributed by atoms with Crippen molar-refractivity contribution in [1.29, 1.82) is 0 Å². The number of hydrogen-bond donors (Lipinski definition) is 1. The van der Waals surface area contributed by atoms with Gasteiger partial charge in [0.15, 0.2) is 0 Å². The Bertz CT molecular complexity index is 418. The van der Waals surface area contributed by atoms with Crippen LogP contribution >= 0.6 is 0 Å². The van der Waals surface area contributed by atoms with Gasteiger partial charge in [-0.15, -0.1) is 0 Å². The molecular formula is C10H13N3O3. The van der Waals surface area contributed by atoms with Crippen molar-refractivity contribution in [3.8, 4) is 0 Å². The summed E-state index contributed by atoms with van der Waals surface area (Å²) in [5.74, 6) is 0.213. The molecule has 0 saturated carbocycles. The van der Waals surface area contributed by atoms with Crippen molar-refractivity contribution >= 4 is 17.4 Å². The van der Waals surface area contributed by atoms with Gasteiger partial charge in [-0.05, 0) is 19.4 Å². The average Bonchev–Trinajstić information content (AvgIpc) is 2.17. The monoisotopic (exact) mass is 223 g/mol. The second-order valence-electron chi connectivity index (χ2n) is 3.41. The number of rotatable bonds is 4. The molecule has 0 aliphatic carbocycles. The van der Waals surface area contributed by atoms with Crippen LogP contribution in [0.15, 0.2) is 12.3 Å². The normalized spacial score (nSPS) is 9.88. The molecule has 0 unspecified atom stereocenters. The fraction of sp³-hybridized carbons (Fsp3) is 0.400. The van der Waals surface area contributed by atoms with E-state index in [4.69, 9.17) is 0 Å². The minimum Gasteiger partial charge on any atom is -0.311 e. The van der Waals surface area contributed by atoms with Crippen LogP contribution in [-0.2, 0) is 4.79 Å². The van der Waals surface area contributed by atoms with E-state index in [-0.39, 0.29) is 11.6 Å². The third-order valence-electron chi connectivity index (χ3n) is 2.02. The van der Waals surface area contributed by atoms with Crippen molar-refractivity contribution < 1.29 is 9.72 Å². The topological polar surface area (TPSA) is 85.1 Å². The van der Waals surface area contributed by atoms with Crippen molar-refractivity contribution in [3.63, 3.8) is 0 Å². The molecule has 6 heteroatoms. The van der Waals surface area contributed by atoms with E-state index in [1.807, 2.05) is 6.92 Å². The van der Waals surface area contributed by atoms with Crippen LogP contribution in [0.5, 0.6) is 0 Å². The van der Waals surface area contributed by atoms with E-state index in [0.29, 0.717) is 17.8 Å². The van der Waals surface area contributed by atoms with Crippen LogP contribution in [0.25, 0.3) is 0 Å². The van der Waals surface area contributed by atoms with Crippen LogP contribution in [0.3, 0.4) is 0 Å². The molecular weight excluding hydrogens is 210 g/mol. The highest BCUT2D eigenvalue weighted by molar-refractivity contribution is 5.89. The number of anilines is 1. The summed E-state index contributed by atoms with van der Waals surface area (Å²) in [6, 6.07) is 1.49. The summed E-state index contributed by atoms with van der Waals surface area (Å²) in [5, 5.41) is 13.1. The Hall–Kier alpha value is -1.98. The Balaban J connectivity index is 2.81. The fourth-order valence-corrected chi connectivity index (χ4v) is 1.24. The smallest absolute Gasteiger partial charge is 0.290 e. The second kappa shape index (κ2) is 5.20. The molecule has 1 amide bonds. The lowest BCUT2D eigenvalue weighted by molar-refractivity contribution is -0.385. The predicted octanol–water partition coefficient (Wildman–Crippen LogP) is 2.04. The Morgan fingerprint density at radius 3 is 2.81 bits per heavy atom. The molecule has 16 heavy (non-hydrogen) atoms. The standard InChI is InChI=1S/C10H13N3O3/c1-3-4-10(14)12-9-5-7(2)8(6-11-9)13(15)16/h5-6H,3-4H2,1-2H3,(H,11,12,14). The summed E-state index contributed by atoms with van der Waals surface area (Å²) in [6.07, 6.45) is 2.31. The van der Waals surface area contributed by atoms with E-state index in [2.05, 4.69) is 10.3 Å². The molecule has 1 aromatic rings. The number of aromatic nitrogens is 1. The van der Waals surface area contributed by atoms with E-state index in [9.17, 15) is 14.9 Å². The van der Waals surface area contributed by atoms with Crippen LogP contribution in [-0.4, -0.2) is 15.8 Å². The van der Waals surface area contributed by atoms with Crippen molar-refractivity contribution in [2.24, 2.45) is 0 Å². The van der Waals surface area contributed by atoms with Crippen LogP contribution in [0, 0.1) is 17.0 Å². The van der Waals surface area contributed by atoms with Gasteiger partial charge in [0.25, 0.3) is 5.69 Å². The number of nitrogens with one attached hydrogen (secondary N) is 1. The van der Waals surface area contributed by atoms with Crippen molar-refractivity contribution in [1.82, 2.24) is 4.98 Å². The minimum absolute atomic E-state index is 0.0477. The molecule has 0 radical (unpaired) electrons. The highest BCUT2D eigenvalue weighted by atomic mass is 16.6. The number of nitro groups is 1. The molecule has 1 N–H and O–H groups in total. The first-order valence-electron chi connectivity index (χ1n) is 4.95. The van der Waals surface area contributed by atoms with Crippen LogP contribution in [0.1, 0.15) is 25.3 Å². The Morgan fingerprint density at radius 1 is 1.62 bits per heavy atom. The maximum atomic E-state index is 11.3. The summed E-state index contributed by atoms with van der Waals surface area (Å²) >= 11 is 0. The largest absolute Gasteiger partial charge is 0.311 e. The van der Waals surface area contributed by atoms with Crippen LogP contribution in [0.4, 0.5) is 11.5 Å². The lowest BCUT2D eigenvalue weighted by Crippen LogP contribution is -2.12. The summed E-state index contributed by atoms with van der Waals surface area (Å²) in [5.41, 5.74) is 0.431.